The zero-order chi connectivity index (χ0) is 31.4. The van der Waals surface area contributed by atoms with Gasteiger partial charge in [0.25, 0.3) is 0 Å². The van der Waals surface area contributed by atoms with Gasteiger partial charge in [0, 0.05) is 19.1 Å². The predicted molar refractivity (Wildman–Crippen MR) is 174 cm³/mol. The van der Waals surface area contributed by atoms with E-state index in [0.717, 1.165) is 52.0 Å². The number of hydrogen-bond acceptors (Lipinski definition) is 7. The van der Waals surface area contributed by atoms with Crippen molar-refractivity contribution >= 4 is 10.4 Å². The molecule has 4 rings (SSSR count). The zero-order valence-electron chi connectivity index (χ0n) is 28.1. The average molecular weight is 628 g/mol. The van der Waals surface area contributed by atoms with Crippen LogP contribution >= 0.6 is 0 Å². The van der Waals surface area contributed by atoms with E-state index in [1.165, 1.54) is 44.9 Å². The van der Waals surface area contributed by atoms with Gasteiger partial charge in [-0.2, -0.15) is 8.42 Å². The second-order valence-corrected chi connectivity index (χ2v) is 16.8. The van der Waals surface area contributed by atoms with Crippen molar-refractivity contribution in [3.63, 3.8) is 0 Å². The number of hydrogen-bond donors (Lipinski definition) is 5. The summed E-state index contributed by atoms with van der Waals surface area (Å²) in [5.74, 6) is 3.23. The fraction of sp³-hybridized carbons (Fsp3) is 1.00. The summed E-state index contributed by atoms with van der Waals surface area (Å²) in [5.41, 5.74) is 0.556. The Kier molecular flexibility index (Phi) is 12.5. The van der Waals surface area contributed by atoms with Crippen LogP contribution in [0.5, 0.6) is 0 Å². The van der Waals surface area contributed by atoms with Crippen LogP contribution in [-0.2, 0) is 14.6 Å². The van der Waals surface area contributed by atoms with E-state index in [4.69, 9.17) is 4.18 Å². The van der Waals surface area contributed by atoms with E-state index < -0.39 is 16.5 Å². The average Bonchev–Trinajstić information content (AvgIpc) is 3.29. The third-order valence-corrected chi connectivity index (χ3v) is 13.5. The molecule has 0 aromatic heterocycles. The predicted octanol–water partition coefficient (Wildman–Crippen LogP) is 5.42. The van der Waals surface area contributed by atoms with Crippen LogP contribution in [-0.4, -0.2) is 69.1 Å². The molecule has 0 aromatic carbocycles. The summed E-state index contributed by atoms with van der Waals surface area (Å²) < 4.78 is 37.1. The first-order valence-electron chi connectivity index (χ1n) is 17.8. The Bertz CT molecular complexity index is 981. The molecule has 4 saturated carbocycles. The van der Waals surface area contributed by atoms with Gasteiger partial charge in [0.1, 0.15) is 0 Å². The minimum Gasteiger partial charge on any atom is -0.393 e. The Morgan fingerprint density at radius 2 is 1.58 bits per heavy atom. The molecule has 0 aromatic rings. The first kappa shape index (κ1) is 35.6. The zero-order valence-corrected chi connectivity index (χ0v) is 28.9. The quantitative estimate of drug-likeness (QED) is 0.114. The second kappa shape index (κ2) is 15.1. The van der Waals surface area contributed by atoms with Crippen LogP contribution in [0.1, 0.15) is 112 Å². The normalized spacial score (nSPS) is 39.2. The highest BCUT2D eigenvalue weighted by Gasteiger charge is 2.62. The van der Waals surface area contributed by atoms with Crippen LogP contribution in [0, 0.1) is 52.3 Å². The second-order valence-electron chi connectivity index (χ2n) is 15.8. The standard InChI is InChI=1S/C34H65N3O5S/c1-7-35-19-20-36-17-8-18-37-26-13-15-33(5)25(21-26)22-30(38)32-28-11-10-27(34(28,6)16-14-29(32)33)24(4)9-12-31(23(2)3)42-43(39,40)41/h23-32,35-38H,7-22H2,1-6H3,(H,39,40,41)/t24-,25-,26+,27-,28?,29?,30-,31-,32?,33+,34-/m1/s1. The molecule has 8 nitrogen and oxygen atoms in total. The van der Waals surface area contributed by atoms with E-state index in [-0.39, 0.29) is 17.4 Å². The molecule has 252 valence electrons. The first-order valence-corrected chi connectivity index (χ1v) is 19.1. The maximum absolute atomic E-state index is 11.8. The summed E-state index contributed by atoms with van der Waals surface area (Å²) in [6, 6.07) is 0.577. The molecule has 43 heavy (non-hydrogen) atoms. The van der Waals surface area contributed by atoms with Gasteiger partial charge in [-0.05, 0) is 143 Å². The van der Waals surface area contributed by atoms with Crippen molar-refractivity contribution in [1.82, 2.24) is 16.0 Å². The SMILES string of the molecule is CCNCCNCCCN[C@H]1CC[C@]2(C)C3CC[C@@]4(C)C(CC[C@@H]4[C@H](C)CC[C@@H](OS(=O)(=O)O)C(C)C)C3[C@H](O)C[C@H]2C1. The number of rotatable bonds is 16. The Hall–Kier alpha value is -0.290. The van der Waals surface area contributed by atoms with Crippen LogP contribution in [0.3, 0.4) is 0 Å². The van der Waals surface area contributed by atoms with E-state index >= 15 is 0 Å². The van der Waals surface area contributed by atoms with Crippen molar-refractivity contribution in [2.75, 3.05) is 32.7 Å². The van der Waals surface area contributed by atoms with Crippen LogP contribution in [0.15, 0.2) is 0 Å². The molecule has 4 aliphatic rings. The fourth-order valence-electron chi connectivity index (χ4n) is 10.7. The maximum atomic E-state index is 11.8. The Labute approximate surface area is 263 Å². The molecule has 0 saturated heterocycles. The van der Waals surface area contributed by atoms with Gasteiger partial charge in [-0.25, -0.2) is 4.18 Å². The first-order chi connectivity index (χ1) is 20.3. The molecular weight excluding hydrogens is 562 g/mol. The summed E-state index contributed by atoms with van der Waals surface area (Å²) in [7, 11) is -4.45. The van der Waals surface area contributed by atoms with Gasteiger partial charge in [0.15, 0.2) is 0 Å². The summed E-state index contributed by atoms with van der Waals surface area (Å²) in [4.78, 5) is 0. The van der Waals surface area contributed by atoms with Crippen molar-refractivity contribution in [3.8, 4) is 0 Å². The van der Waals surface area contributed by atoms with Crippen molar-refractivity contribution in [1.29, 1.82) is 0 Å². The molecule has 0 spiro atoms. The lowest BCUT2D eigenvalue weighted by Crippen LogP contribution is -2.59. The number of likely N-dealkylation sites (N-methyl/N-ethyl adjacent to an activating group) is 1. The van der Waals surface area contributed by atoms with Crippen LogP contribution < -0.4 is 16.0 Å². The van der Waals surface area contributed by atoms with Gasteiger partial charge in [-0.1, -0.05) is 41.5 Å². The number of nitrogens with one attached hydrogen (secondary N) is 3. The number of aliphatic hydroxyl groups excluding tert-OH is 1. The fourth-order valence-corrected chi connectivity index (χ4v) is 11.3. The van der Waals surface area contributed by atoms with Gasteiger partial charge in [-0.3, -0.25) is 4.55 Å². The lowest BCUT2D eigenvalue weighted by molar-refractivity contribution is -0.167. The van der Waals surface area contributed by atoms with Crippen molar-refractivity contribution in [2.24, 2.45) is 52.3 Å². The molecule has 5 N–H and O–H groups in total. The summed E-state index contributed by atoms with van der Waals surface area (Å²) in [6.45, 7) is 18.7. The molecule has 0 radical (unpaired) electrons. The van der Waals surface area contributed by atoms with E-state index in [9.17, 15) is 18.1 Å². The molecule has 0 heterocycles. The molecule has 0 amide bonds. The van der Waals surface area contributed by atoms with E-state index in [1.807, 2.05) is 13.8 Å². The van der Waals surface area contributed by atoms with Crippen LogP contribution in [0.2, 0.25) is 0 Å². The van der Waals surface area contributed by atoms with E-state index in [0.29, 0.717) is 53.4 Å². The maximum Gasteiger partial charge on any atom is 0.397 e. The van der Waals surface area contributed by atoms with Crippen molar-refractivity contribution in [3.05, 3.63) is 0 Å². The highest BCUT2D eigenvalue weighted by molar-refractivity contribution is 7.80. The van der Waals surface area contributed by atoms with Crippen LogP contribution in [0.25, 0.3) is 0 Å². The smallest absolute Gasteiger partial charge is 0.393 e. The lowest BCUT2D eigenvalue weighted by Gasteiger charge is -2.62. The summed E-state index contributed by atoms with van der Waals surface area (Å²) >= 11 is 0. The highest BCUT2D eigenvalue weighted by Crippen LogP contribution is 2.68. The third-order valence-electron chi connectivity index (χ3n) is 13.0. The lowest BCUT2D eigenvalue weighted by atomic mass is 9.43. The van der Waals surface area contributed by atoms with E-state index in [2.05, 4.69) is 43.6 Å². The van der Waals surface area contributed by atoms with Gasteiger partial charge in [-0.15, -0.1) is 0 Å². The van der Waals surface area contributed by atoms with Gasteiger partial charge < -0.3 is 21.1 Å². The molecule has 4 aliphatic carbocycles. The Morgan fingerprint density at radius 1 is 0.884 bits per heavy atom. The van der Waals surface area contributed by atoms with E-state index in [1.54, 1.807) is 0 Å². The topological polar surface area (TPSA) is 120 Å². The molecule has 0 aliphatic heterocycles. The van der Waals surface area contributed by atoms with Crippen molar-refractivity contribution in [2.45, 2.75) is 130 Å². The Morgan fingerprint density at radius 3 is 2.28 bits per heavy atom. The molecular formula is C34H65N3O5S. The number of aliphatic hydroxyl groups is 1. The minimum atomic E-state index is -4.45. The van der Waals surface area contributed by atoms with Gasteiger partial charge in [0.05, 0.1) is 12.2 Å². The highest BCUT2D eigenvalue weighted by atomic mass is 32.3. The summed E-state index contributed by atoms with van der Waals surface area (Å²) in [6.07, 6.45) is 11.5. The van der Waals surface area contributed by atoms with Crippen molar-refractivity contribution < 1.29 is 22.3 Å². The Balaban J connectivity index is 1.32. The van der Waals surface area contributed by atoms with Crippen LogP contribution in [0.4, 0.5) is 0 Å². The molecule has 9 heteroatoms. The molecule has 3 unspecified atom stereocenters. The molecule has 11 atom stereocenters. The molecule has 0 bridgehead atoms. The summed E-state index contributed by atoms with van der Waals surface area (Å²) in [5, 5.41) is 22.5. The van der Waals surface area contributed by atoms with Gasteiger partial charge >= 0.3 is 10.4 Å². The monoisotopic (exact) mass is 627 g/mol. The van der Waals surface area contributed by atoms with Gasteiger partial charge in [0.2, 0.25) is 0 Å². The number of fused-ring (bicyclic) bond motifs is 5. The third kappa shape index (κ3) is 8.36. The minimum absolute atomic E-state index is 0.0166. The molecule has 4 fully saturated rings. The largest absolute Gasteiger partial charge is 0.397 e.